The number of ether oxygens (including phenoxy) is 4. The van der Waals surface area contributed by atoms with Gasteiger partial charge in [0.15, 0.2) is 0 Å². The van der Waals surface area contributed by atoms with Crippen LogP contribution in [0.1, 0.15) is 12.8 Å². The molecule has 0 spiro atoms. The highest BCUT2D eigenvalue weighted by atomic mass is 16.5. The van der Waals surface area contributed by atoms with Gasteiger partial charge in [-0.1, -0.05) is 0 Å². The van der Waals surface area contributed by atoms with Gasteiger partial charge in [0.05, 0.1) is 27.4 Å². The molecule has 0 atom stereocenters. The lowest BCUT2D eigenvalue weighted by molar-refractivity contribution is -0.121. The van der Waals surface area contributed by atoms with Crippen LogP contribution in [0.5, 0.6) is 23.0 Å². The molecular formula is C20H25NO5. The first-order valence-electron chi connectivity index (χ1n) is 8.51. The van der Waals surface area contributed by atoms with E-state index in [-0.39, 0.29) is 5.91 Å². The van der Waals surface area contributed by atoms with E-state index in [2.05, 4.69) is 5.32 Å². The molecule has 2 rings (SSSR count). The normalized spacial score (nSPS) is 10.1. The number of methoxy groups -OCH3 is 2. The fourth-order valence-electron chi connectivity index (χ4n) is 2.21. The van der Waals surface area contributed by atoms with Crippen LogP contribution in [-0.2, 0) is 4.79 Å². The Morgan fingerprint density at radius 2 is 1.23 bits per heavy atom. The first-order chi connectivity index (χ1) is 12.7. The summed E-state index contributed by atoms with van der Waals surface area (Å²) in [6, 6.07) is 14.7. The molecule has 0 radical (unpaired) electrons. The minimum absolute atomic E-state index is 0.0124. The maximum Gasteiger partial charge on any atom is 0.220 e. The molecule has 1 amide bonds. The molecule has 0 aliphatic heterocycles. The van der Waals surface area contributed by atoms with E-state index in [1.807, 2.05) is 48.5 Å². The molecule has 0 bridgehead atoms. The van der Waals surface area contributed by atoms with Crippen LogP contribution in [0.4, 0.5) is 0 Å². The Balaban J connectivity index is 1.52. The lowest BCUT2D eigenvalue weighted by Crippen LogP contribution is -2.28. The molecule has 0 unspecified atom stereocenters. The van der Waals surface area contributed by atoms with Crippen LogP contribution in [0.15, 0.2) is 48.5 Å². The van der Waals surface area contributed by atoms with Crippen molar-refractivity contribution in [3.8, 4) is 23.0 Å². The van der Waals surface area contributed by atoms with Gasteiger partial charge in [0.1, 0.15) is 29.6 Å². The van der Waals surface area contributed by atoms with Gasteiger partial charge in [-0.25, -0.2) is 0 Å². The third kappa shape index (κ3) is 6.93. The van der Waals surface area contributed by atoms with E-state index in [9.17, 15) is 4.79 Å². The van der Waals surface area contributed by atoms with Crippen molar-refractivity contribution in [3.05, 3.63) is 48.5 Å². The van der Waals surface area contributed by atoms with E-state index < -0.39 is 0 Å². The molecule has 0 saturated heterocycles. The van der Waals surface area contributed by atoms with E-state index in [0.717, 1.165) is 23.0 Å². The van der Waals surface area contributed by atoms with Gasteiger partial charge in [0.25, 0.3) is 0 Å². The van der Waals surface area contributed by atoms with Crippen molar-refractivity contribution in [2.24, 2.45) is 0 Å². The van der Waals surface area contributed by atoms with Crippen LogP contribution in [0, 0.1) is 0 Å². The monoisotopic (exact) mass is 359 g/mol. The number of hydrogen-bond donors (Lipinski definition) is 1. The van der Waals surface area contributed by atoms with Gasteiger partial charge in [0, 0.05) is 6.42 Å². The smallest absolute Gasteiger partial charge is 0.220 e. The zero-order valence-corrected chi connectivity index (χ0v) is 15.2. The highest BCUT2D eigenvalue weighted by Gasteiger charge is 2.02. The van der Waals surface area contributed by atoms with Gasteiger partial charge < -0.3 is 24.3 Å². The summed E-state index contributed by atoms with van der Waals surface area (Å²) in [4.78, 5) is 11.8. The van der Waals surface area contributed by atoms with E-state index in [1.165, 1.54) is 0 Å². The van der Waals surface area contributed by atoms with Crippen LogP contribution in [0.25, 0.3) is 0 Å². The molecule has 2 aromatic rings. The highest BCUT2D eigenvalue weighted by Crippen LogP contribution is 2.17. The second kappa shape index (κ2) is 10.9. The van der Waals surface area contributed by atoms with Gasteiger partial charge >= 0.3 is 0 Å². The van der Waals surface area contributed by atoms with Crippen molar-refractivity contribution >= 4 is 5.91 Å². The number of hydrogen-bond acceptors (Lipinski definition) is 5. The quantitative estimate of drug-likeness (QED) is 0.625. The van der Waals surface area contributed by atoms with Gasteiger partial charge in [-0.2, -0.15) is 0 Å². The largest absolute Gasteiger partial charge is 0.497 e. The molecule has 2 aromatic carbocycles. The maximum absolute atomic E-state index is 11.8. The van der Waals surface area contributed by atoms with Crippen LogP contribution in [0.3, 0.4) is 0 Å². The third-order valence-electron chi connectivity index (χ3n) is 3.63. The Labute approximate surface area is 154 Å². The van der Waals surface area contributed by atoms with Gasteiger partial charge in [0.2, 0.25) is 5.91 Å². The molecule has 1 N–H and O–H groups in total. The zero-order valence-electron chi connectivity index (χ0n) is 15.2. The number of carbonyl (C=O) groups excluding carboxylic acids is 1. The highest BCUT2D eigenvalue weighted by molar-refractivity contribution is 5.75. The summed E-state index contributed by atoms with van der Waals surface area (Å²) in [5, 5.41) is 2.83. The fraction of sp³-hybridized carbons (Fsp3) is 0.350. The Kier molecular flexibility index (Phi) is 8.12. The van der Waals surface area contributed by atoms with Gasteiger partial charge in [-0.3, -0.25) is 4.79 Å². The van der Waals surface area contributed by atoms with Crippen molar-refractivity contribution in [3.63, 3.8) is 0 Å². The van der Waals surface area contributed by atoms with Crippen molar-refractivity contribution in [2.75, 3.05) is 34.0 Å². The number of benzene rings is 2. The second-order valence-electron chi connectivity index (χ2n) is 5.50. The molecule has 6 nitrogen and oxygen atoms in total. The van der Waals surface area contributed by atoms with Crippen molar-refractivity contribution in [1.29, 1.82) is 0 Å². The molecule has 26 heavy (non-hydrogen) atoms. The summed E-state index contributed by atoms with van der Waals surface area (Å²) < 4.78 is 21.3. The summed E-state index contributed by atoms with van der Waals surface area (Å²) in [7, 11) is 3.24. The maximum atomic E-state index is 11.8. The molecule has 0 fully saturated rings. The van der Waals surface area contributed by atoms with Crippen molar-refractivity contribution in [2.45, 2.75) is 12.8 Å². The minimum Gasteiger partial charge on any atom is -0.497 e. The minimum atomic E-state index is -0.0124. The number of nitrogens with one attached hydrogen (secondary N) is 1. The molecule has 0 aliphatic carbocycles. The standard InChI is InChI=1S/C20H25NO5/c1-23-16-5-9-18(10-6-16)25-14-3-4-20(22)21-13-15-26-19-11-7-17(24-2)8-12-19/h5-12H,3-4,13-15H2,1-2H3,(H,21,22). The molecule has 140 valence electrons. The summed E-state index contributed by atoms with van der Waals surface area (Å²) in [5.41, 5.74) is 0. The van der Waals surface area contributed by atoms with Crippen LogP contribution in [0.2, 0.25) is 0 Å². The Bertz CT molecular complexity index is 597. The average molecular weight is 359 g/mol. The van der Waals surface area contributed by atoms with Gasteiger partial charge in [-0.05, 0) is 55.0 Å². The number of carbonyl (C=O) groups is 1. The summed E-state index contributed by atoms with van der Waals surface area (Å²) in [6.45, 7) is 1.37. The van der Waals surface area contributed by atoms with Crippen LogP contribution < -0.4 is 24.3 Å². The topological polar surface area (TPSA) is 66.0 Å². The Morgan fingerprint density at radius 1 is 0.769 bits per heavy atom. The third-order valence-corrected chi connectivity index (χ3v) is 3.63. The van der Waals surface area contributed by atoms with E-state index in [0.29, 0.717) is 32.6 Å². The van der Waals surface area contributed by atoms with Gasteiger partial charge in [-0.15, -0.1) is 0 Å². The van der Waals surface area contributed by atoms with Crippen molar-refractivity contribution < 1.29 is 23.7 Å². The van der Waals surface area contributed by atoms with Crippen molar-refractivity contribution in [1.82, 2.24) is 5.32 Å². The number of rotatable bonds is 11. The summed E-state index contributed by atoms with van der Waals surface area (Å²) in [6.07, 6.45) is 1.07. The Morgan fingerprint density at radius 3 is 1.73 bits per heavy atom. The SMILES string of the molecule is COc1ccc(OCCCC(=O)NCCOc2ccc(OC)cc2)cc1. The average Bonchev–Trinajstić information content (AvgIpc) is 2.69. The first kappa shape index (κ1) is 19.4. The van der Waals surface area contributed by atoms with E-state index in [4.69, 9.17) is 18.9 Å². The lowest BCUT2D eigenvalue weighted by atomic mass is 10.3. The molecule has 0 saturated carbocycles. The molecule has 0 heterocycles. The fourth-order valence-corrected chi connectivity index (χ4v) is 2.21. The first-order valence-corrected chi connectivity index (χ1v) is 8.51. The van der Waals surface area contributed by atoms with E-state index >= 15 is 0 Å². The molecule has 6 heteroatoms. The van der Waals surface area contributed by atoms with Crippen LogP contribution in [-0.4, -0.2) is 39.9 Å². The summed E-state index contributed by atoms with van der Waals surface area (Å²) in [5.74, 6) is 3.06. The Hall–Kier alpha value is -2.89. The molecule has 0 aliphatic rings. The zero-order chi connectivity index (χ0) is 18.6. The molecular weight excluding hydrogens is 334 g/mol. The summed E-state index contributed by atoms with van der Waals surface area (Å²) >= 11 is 0. The molecule has 0 aromatic heterocycles. The predicted molar refractivity (Wildman–Crippen MR) is 99.2 cm³/mol. The number of amides is 1. The lowest BCUT2D eigenvalue weighted by Gasteiger charge is -2.09. The van der Waals surface area contributed by atoms with E-state index in [1.54, 1.807) is 14.2 Å². The second-order valence-corrected chi connectivity index (χ2v) is 5.50. The van der Waals surface area contributed by atoms with Crippen LogP contribution >= 0.6 is 0 Å². The predicted octanol–water partition coefficient (Wildman–Crippen LogP) is 3.06.